The lowest BCUT2D eigenvalue weighted by Crippen LogP contribution is -2.49. The summed E-state index contributed by atoms with van der Waals surface area (Å²) in [6.45, 7) is 4.97. The van der Waals surface area contributed by atoms with Gasteiger partial charge in [-0.25, -0.2) is 4.98 Å². The lowest BCUT2D eigenvalue weighted by Gasteiger charge is -2.37. The zero-order chi connectivity index (χ0) is 21.7. The van der Waals surface area contributed by atoms with Crippen LogP contribution in [0.5, 0.6) is 5.88 Å². The van der Waals surface area contributed by atoms with Gasteiger partial charge in [0.25, 0.3) is 5.91 Å². The average molecular weight is 409 g/mol. The van der Waals surface area contributed by atoms with Gasteiger partial charge in [-0.2, -0.15) is 0 Å². The summed E-state index contributed by atoms with van der Waals surface area (Å²) in [7, 11) is 3.97. The highest BCUT2D eigenvalue weighted by atomic mass is 16.5. The minimum atomic E-state index is -0.309. The highest BCUT2D eigenvalue weighted by Crippen LogP contribution is 2.27. The fourth-order valence-corrected chi connectivity index (χ4v) is 3.33. The Morgan fingerprint density at radius 3 is 2.77 bits per heavy atom. The van der Waals surface area contributed by atoms with Crippen LogP contribution in [0, 0.1) is 17.8 Å². The number of hydrogen-bond acceptors (Lipinski definition) is 6. The number of aromatic nitrogens is 2. The third-order valence-electron chi connectivity index (χ3n) is 5.08. The molecule has 0 radical (unpaired) electrons. The molecule has 1 aliphatic rings. The van der Waals surface area contributed by atoms with Crippen molar-refractivity contribution in [3.8, 4) is 17.7 Å². The van der Waals surface area contributed by atoms with Gasteiger partial charge in [-0.15, -0.1) is 0 Å². The SMILES string of the molecule is C[C@@H]1CN([C@H](C)CO)C(=O)c2cc(C#Cc3cccnc3)cnc2O[C@@H]1CN(C)C. The minimum Gasteiger partial charge on any atom is -0.472 e. The van der Waals surface area contributed by atoms with E-state index < -0.39 is 0 Å². The number of aliphatic hydroxyl groups excluding tert-OH is 1. The van der Waals surface area contributed by atoms with E-state index in [-0.39, 0.29) is 30.6 Å². The Bertz CT molecular complexity index is 936. The summed E-state index contributed by atoms with van der Waals surface area (Å²) >= 11 is 0. The topological polar surface area (TPSA) is 78.8 Å². The molecule has 158 valence electrons. The number of ether oxygens (including phenoxy) is 1. The zero-order valence-corrected chi connectivity index (χ0v) is 17.9. The Kier molecular flexibility index (Phi) is 7.03. The van der Waals surface area contributed by atoms with Gasteiger partial charge in [0, 0.05) is 48.7 Å². The molecular formula is C23H28N4O3. The van der Waals surface area contributed by atoms with Crippen LogP contribution in [0.25, 0.3) is 0 Å². The van der Waals surface area contributed by atoms with Gasteiger partial charge in [-0.3, -0.25) is 9.78 Å². The standard InChI is InChI=1S/C23H28N4O3/c1-16-13-27(17(2)15-28)23(29)20-10-19(8-7-18-6-5-9-24-11-18)12-25-22(20)30-21(16)14-26(3)4/h5-6,9-12,16-17,21,28H,13-15H2,1-4H3/t16-,17-,21-/m1/s1. The van der Waals surface area contributed by atoms with Gasteiger partial charge in [0.15, 0.2) is 0 Å². The first-order chi connectivity index (χ1) is 14.4. The Hall–Kier alpha value is -2.95. The van der Waals surface area contributed by atoms with E-state index >= 15 is 0 Å². The molecule has 0 unspecified atom stereocenters. The van der Waals surface area contributed by atoms with Crippen molar-refractivity contribution in [2.75, 3.05) is 33.8 Å². The number of pyridine rings is 2. The third kappa shape index (κ3) is 5.15. The molecule has 0 aliphatic carbocycles. The van der Waals surface area contributed by atoms with Gasteiger partial charge in [-0.1, -0.05) is 18.8 Å². The second-order valence-corrected chi connectivity index (χ2v) is 7.95. The van der Waals surface area contributed by atoms with E-state index in [1.165, 1.54) is 0 Å². The van der Waals surface area contributed by atoms with E-state index in [0.29, 0.717) is 30.1 Å². The van der Waals surface area contributed by atoms with Gasteiger partial charge in [0.05, 0.1) is 12.6 Å². The van der Waals surface area contributed by atoms with E-state index in [0.717, 1.165) is 5.56 Å². The normalized spacial score (nSPS) is 19.8. The second-order valence-electron chi connectivity index (χ2n) is 7.95. The maximum absolute atomic E-state index is 13.3. The number of aliphatic hydroxyl groups is 1. The van der Waals surface area contributed by atoms with E-state index in [1.54, 1.807) is 29.6 Å². The fourth-order valence-electron chi connectivity index (χ4n) is 3.33. The number of carbonyl (C=O) groups excluding carboxylic acids is 1. The van der Waals surface area contributed by atoms with Crippen molar-refractivity contribution in [3.05, 3.63) is 53.5 Å². The molecule has 0 fully saturated rings. The van der Waals surface area contributed by atoms with Crippen molar-refractivity contribution in [2.45, 2.75) is 26.0 Å². The summed E-state index contributed by atoms with van der Waals surface area (Å²) in [4.78, 5) is 25.6. The third-order valence-corrected chi connectivity index (χ3v) is 5.08. The summed E-state index contributed by atoms with van der Waals surface area (Å²) in [5, 5.41) is 9.70. The number of fused-ring (bicyclic) bond motifs is 1. The number of likely N-dealkylation sites (N-methyl/N-ethyl adjacent to an activating group) is 1. The van der Waals surface area contributed by atoms with Gasteiger partial charge in [0.2, 0.25) is 5.88 Å². The van der Waals surface area contributed by atoms with Crippen LogP contribution < -0.4 is 4.74 Å². The molecule has 0 bridgehead atoms. The molecule has 7 heteroatoms. The van der Waals surface area contributed by atoms with Gasteiger partial charge < -0.3 is 19.6 Å². The Morgan fingerprint density at radius 1 is 1.33 bits per heavy atom. The Morgan fingerprint density at radius 2 is 2.10 bits per heavy atom. The first-order valence-corrected chi connectivity index (χ1v) is 10.0. The molecule has 1 N–H and O–H groups in total. The zero-order valence-electron chi connectivity index (χ0n) is 17.9. The highest BCUT2D eigenvalue weighted by molar-refractivity contribution is 5.97. The maximum Gasteiger partial charge on any atom is 0.259 e. The van der Waals surface area contributed by atoms with Crippen molar-refractivity contribution in [2.24, 2.45) is 5.92 Å². The van der Waals surface area contributed by atoms with Gasteiger partial charge in [-0.05, 0) is 39.2 Å². The summed E-state index contributed by atoms with van der Waals surface area (Å²) in [6, 6.07) is 5.09. The summed E-state index contributed by atoms with van der Waals surface area (Å²) < 4.78 is 6.19. The molecule has 0 spiro atoms. The van der Waals surface area contributed by atoms with Crippen LogP contribution in [0.2, 0.25) is 0 Å². The average Bonchev–Trinajstić information content (AvgIpc) is 2.74. The molecule has 3 atom stereocenters. The van der Waals surface area contributed by atoms with Crippen LogP contribution in [-0.4, -0.2) is 76.7 Å². The molecular weight excluding hydrogens is 380 g/mol. The number of rotatable bonds is 4. The van der Waals surface area contributed by atoms with Crippen molar-refractivity contribution in [1.29, 1.82) is 0 Å². The molecule has 3 heterocycles. The molecule has 2 aromatic rings. The number of nitrogens with zero attached hydrogens (tertiary/aromatic N) is 4. The van der Waals surface area contributed by atoms with Crippen LogP contribution in [0.15, 0.2) is 36.8 Å². The van der Waals surface area contributed by atoms with Crippen LogP contribution in [-0.2, 0) is 0 Å². The largest absolute Gasteiger partial charge is 0.472 e. The highest BCUT2D eigenvalue weighted by Gasteiger charge is 2.33. The summed E-state index contributed by atoms with van der Waals surface area (Å²) in [6.07, 6.45) is 4.85. The van der Waals surface area contributed by atoms with Gasteiger partial charge >= 0.3 is 0 Å². The lowest BCUT2D eigenvalue weighted by molar-refractivity contribution is 0.0348. The summed E-state index contributed by atoms with van der Waals surface area (Å²) in [5.74, 6) is 6.25. The molecule has 3 rings (SSSR count). The maximum atomic E-state index is 13.3. The van der Waals surface area contributed by atoms with Crippen LogP contribution in [0.1, 0.15) is 35.3 Å². The molecule has 30 heavy (non-hydrogen) atoms. The number of amides is 1. The number of carbonyl (C=O) groups is 1. The molecule has 7 nitrogen and oxygen atoms in total. The fraction of sp³-hybridized carbons (Fsp3) is 0.435. The van der Waals surface area contributed by atoms with E-state index in [2.05, 4.69) is 33.6 Å². The predicted molar refractivity (Wildman–Crippen MR) is 114 cm³/mol. The molecule has 1 amide bonds. The lowest BCUT2D eigenvalue weighted by atomic mass is 10.00. The first kappa shape index (κ1) is 21.8. The van der Waals surface area contributed by atoms with Crippen LogP contribution in [0.3, 0.4) is 0 Å². The van der Waals surface area contributed by atoms with Crippen molar-refractivity contribution < 1.29 is 14.6 Å². The molecule has 1 aliphatic heterocycles. The quantitative estimate of drug-likeness (QED) is 0.776. The monoisotopic (exact) mass is 408 g/mol. The summed E-state index contributed by atoms with van der Waals surface area (Å²) in [5.41, 5.74) is 1.76. The van der Waals surface area contributed by atoms with E-state index in [4.69, 9.17) is 4.74 Å². The first-order valence-electron chi connectivity index (χ1n) is 10.0. The molecule has 0 saturated heterocycles. The number of hydrogen-bond donors (Lipinski definition) is 1. The van der Waals surface area contributed by atoms with Crippen molar-refractivity contribution >= 4 is 5.91 Å². The van der Waals surface area contributed by atoms with E-state index in [9.17, 15) is 9.90 Å². The minimum absolute atomic E-state index is 0.0744. The Balaban J connectivity index is 2.00. The molecule has 2 aromatic heterocycles. The van der Waals surface area contributed by atoms with Crippen LogP contribution >= 0.6 is 0 Å². The van der Waals surface area contributed by atoms with E-state index in [1.807, 2.05) is 33.2 Å². The van der Waals surface area contributed by atoms with Crippen molar-refractivity contribution in [1.82, 2.24) is 19.8 Å². The molecule has 0 saturated carbocycles. The van der Waals surface area contributed by atoms with Gasteiger partial charge in [0.1, 0.15) is 11.7 Å². The smallest absolute Gasteiger partial charge is 0.259 e. The molecule has 0 aromatic carbocycles. The second kappa shape index (κ2) is 9.70. The predicted octanol–water partition coefficient (Wildman–Crippen LogP) is 1.66. The van der Waals surface area contributed by atoms with Crippen molar-refractivity contribution in [3.63, 3.8) is 0 Å². The van der Waals surface area contributed by atoms with Crippen LogP contribution in [0.4, 0.5) is 0 Å². The Labute approximate surface area is 177 Å².